The average molecular weight is 373 g/mol. The number of likely N-dealkylation sites (N-methyl/N-ethyl adjacent to an activating group) is 1. The zero-order chi connectivity index (χ0) is 19.7. The minimum atomic E-state index is -0.551. The van der Waals surface area contributed by atoms with Gasteiger partial charge < -0.3 is 9.32 Å². The number of fused-ring (bicyclic) bond motifs is 1. The van der Waals surface area contributed by atoms with Crippen LogP contribution in [0.25, 0.3) is 22.2 Å². The number of aromatic nitrogens is 2. The highest BCUT2D eigenvalue weighted by atomic mass is 16.4. The second-order valence-corrected chi connectivity index (χ2v) is 6.56. The molecule has 1 amide bonds. The fraction of sp³-hybridized carbons (Fsp3) is 0.136. The van der Waals surface area contributed by atoms with Gasteiger partial charge in [0.05, 0.1) is 5.52 Å². The fourth-order valence-electron chi connectivity index (χ4n) is 3.21. The van der Waals surface area contributed by atoms with Gasteiger partial charge in [-0.15, -0.1) is 0 Å². The number of amides is 1. The molecule has 4 rings (SSSR count). The third-order valence-corrected chi connectivity index (χ3v) is 4.80. The number of pyridine rings is 1. The zero-order valence-electron chi connectivity index (χ0n) is 15.6. The van der Waals surface area contributed by atoms with Gasteiger partial charge in [-0.1, -0.05) is 30.3 Å². The van der Waals surface area contributed by atoms with Crippen molar-refractivity contribution < 1.29 is 9.21 Å². The van der Waals surface area contributed by atoms with Gasteiger partial charge in [0.15, 0.2) is 5.58 Å². The highest BCUT2D eigenvalue weighted by molar-refractivity contribution is 5.93. The first kappa shape index (κ1) is 17.7. The van der Waals surface area contributed by atoms with Gasteiger partial charge in [-0.25, -0.2) is 4.79 Å². The Labute approximate surface area is 161 Å². The monoisotopic (exact) mass is 373 g/mol. The van der Waals surface area contributed by atoms with Crippen molar-refractivity contribution in [2.75, 3.05) is 11.9 Å². The number of nitrogens with zero attached hydrogens (tertiary/aromatic N) is 3. The summed E-state index contributed by atoms with van der Waals surface area (Å²) < 4.78 is 6.69. The summed E-state index contributed by atoms with van der Waals surface area (Å²) in [4.78, 5) is 30.9. The summed E-state index contributed by atoms with van der Waals surface area (Å²) in [6.45, 7) is 1.83. The second-order valence-electron chi connectivity index (χ2n) is 6.56. The lowest BCUT2D eigenvalue weighted by Gasteiger charge is -2.17. The Hall–Kier alpha value is -3.67. The third kappa shape index (κ3) is 3.20. The van der Waals surface area contributed by atoms with Gasteiger partial charge in [0, 0.05) is 30.2 Å². The molecule has 0 aliphatic carbocycles. The summed E-state index contributed by atoms with van der Waals surface area (Å²) in [5.74, 6) is -0.760. The van der Waals surface area contributed by atoms with Crippen molar-refractivity contribution >= 4 is 22.7 Å². The first-order chi connectivity index (χ1) is 13.5. The van der Waals surface area contributed by atoms with Crippen molar-refractivity contribution in [3.05, 3.63) is 83.1 Å². The minimum Gasteiger partial charge on any atom is -0.408 e. The van der Waals surface area contributed by atoms with Crippen LogP contribution in [0.15, 0.2) is 76.1 Å². The molecule has 6 heteroatoms. The SMILES string of the molecule is Cc1ncccc1-c1ccc2oc(=O)n(CC(=O)N(C)c3ccccc3)c2c1. The molecular formula is C22H19N3O3. The van der Waals surface area contributed by atoms with Gasteiger partial charge in [-0.05, 0) is 42.8 Å². The average Bonchev–Trinajstić information content (AvgIpc) is 3.03. The Morgan fingerprint density at radius 1 is 1.11 bits per heavy atom. The number of benzene rings is 2. The van der Waals surface area contributed by atoms with Crippen molar-refractivity contribution in [3.63, 3.8) is 0 Å². The number of hydrogen-bond acceptors (Lipinski definition) is 4. The van der Waals surface area contributed by atoms with Crippen molar-refractivity contribution in [2.24, 2.45) is 0 Å². The summed E-state index contributed by atoms with van der Waals surface area (Å²) in [5.41, 5.74) is 4.57. The third-order valence-electron chi connectivity index (χ3n) is 4.80. The van der Waals surface area contributed by atoms with Gasteiger partial charge in [-0.3, -0.25) is 14.3 Å². The molecule has 0 aliphatic heterocycles. The van der Waals surface area contributed by atoms with Crippen molar-refractivity contribution in [2.45, 2.75) is 13.5 Å². The fourth-order valence-corrected chi connectivity index (χ4v) is 3.21. The summed E-state index contributed by atoms with van der Waals surface area (Å²) in [7, 11) is 1.69. The van der Waals surface area contributed by atoms with Gasteiger partial charge in [0.1, 0.15) is 6.54 Å². The van der Waals surface area contributed by atoms with Crippen LogP contribution in [-0.4, -0.2) is 22.5 Å². The molecule has 0 N–H and O–H groups in total. The Bertz CT molecular complexity index is 1210. The van der Waals surface area contributed by atoms with Gasteiger partial charge in [0.25, 0.3) is 0 Å². The summed E-state index contributed by atoms with van der Waals surface area (Å²) >= 11 is 0. The Morgan fingerprint density at radius 2 is 1.89 bits per heavy atom. The van der Waals surface area contributed by atoms with Gasteiger partial charge in [-0.2, -0.15) is 0 Å². The standard InChI is InChI=1S/C22H19N3O3/c1-15-18(9-6-12-23-15)16-10-11-20-19(13-16)25(22(27)28-20)14-21(26)24(2)17-7-4-3-5-8-17/h3-13H,14H2,1-2H3. The van der Waals surface area contributed by atoms with Crippen LogP contribution in [0.3, 0.4) is 0 Å². The topological polar surface area (TPSA) is 68.3 Å². The number of rotatable bonds is 4. The molecular weight excluding hydrogens is 354 g/mol. The highest BCUT2D eigenvalue weighted by Crippen LogP contribution is 2.26. The van der Waals surface area contributed by atoms with E-state index in [0.717, 1.165) is 22.5 Å². The molecule has 2 aromatic heterocycles. The minimum absolute atomic E-state index is 0.104. The summed E-state index contributed by atoms with van der Waals surface area (Å²) in [6, 6.07) is 18.6. The number of oxazole rings is 1. The predicted octanol–water partition coefficient (Wildman–Crippen LogP) is 3.63. The van der Waals surface area contributed by atoms with E-state index in [1.54, 1.807) is 19.3 Å². The van der Waals surface area contributed by atoms with Crippen LogP contribution in [0.1, 0.15) is 5.69 Å². The number of hydrogen-bond donors (Lipinski definition) is 0. The lowest BCUT2D eigenvalue weighted by atomic mass is 10.0. The van der Waals surface area contributed by atoms with Crippen molar-refractivity contribution in [3.8, 4) is 11.1 Å². The van der Waals surface area contributed by atoms with Crippen LogP contribution >= 0.6 is 0 Å². The highest BCUT2D eigenvalue weighted by Gasteiger charge is 2.17. The van der Waals surface area contributed by atoms with Crippen LogP contribution in [0, 0.1) is 6.92 Å². The number of carbonyl (C=O) groups is 1. The predicted molar refractivity (Wildman–Crippen MR) is 108 cm³/mol. The molecule has 140 valence electrons. The Balaban J connectivity index is 1.72. The molecule has 0 fully saturated rings. The molecule has 2 heterocycles. The van der Waals surface area contributed by atoms with E-state index >= 15 is 0 Å². The normalized spacial score (nSPS) is 10.9. The van der Waals surface area contributed by atoms with Crippen LogP contribution in [0.4, 0.5) is 5.69 Å². The van der Waals surface area contributed by atoms with E-state index in [1.165, 1.54) is 9.47 Å². The molecule has 0 unspecified atom stereocenters. The number of para-hydroxylation sites is 1. The van der Waals surface area contributed by atoms with Crippen LogP contribution in [-0.2, 0) is 11.3 Å². The first-order valence-corrected chi connectivity index (χ1v) is 8.91. The molecule has 0 spiro atoms. The molecule has 0 atom stereocenters. The van der Waals surface area contributed by atoms with E-state index in [0.29, 0.717) is 11.1 Å². The second kappa shape index (κ2) is 7.15. The van der Waals surface area contributed by atoms with E-state index < -0.39 is 5.76 Å². The van der Waals surface area contributed by atoms with E-state index in [2.05, 4.69) is 4.98 Å². The molecule has 4 aromatic rings. The van der Waals surface area contributed by atoms with Crippen LogP contribution in [0.2, 0.25) is 0 Å². The Kier molecular flexibility index (Phi) is 4.53. The van der Waals surface area contributed by atoms with Crippen LogP contribution < -0.4 is 10.7 Å². The quantitative estimate of drug-likeness (QED) is 0.548. The molecule has 28 heavy (non-hydrogen) atoms. The smallest absolute Gasteiger partial charge is 0.408 e. The molecule has 2 aromatic carbocycles. The maximum absolute atomic E-state index is 12.7. The summed E-state index contributed by atoms with van der Waals surface area (Å²) in [6.07, 6.45) is 1.74. The molecule has 0 bridgehead atoms. The molecule has 0 saturated heterocycles. The van der Waals surface area contributed by atoms with E-state index in [1.807, 2.05) is 61.5 Å². The van der Waals surface area contributed by atoms with E-state index in [4.69, 9.17) is 4.42 Å². The van der Waals surface area contributed by atoms with Crippen LogP contribution in [0.5, 0.6) is 0 Å². The largest absolute Gasteiger partial charge is 0.420 e. The Morgan fingerprint density at radius 3 is 2.64 bits per heavy atom. The lowest BCUT2D eigenvalue weighted by molar-refractivity contribution is -0.118. The number of anilines is 1. The summed E-state index contributed by atoms with van der Waals surface area (Å²) in [5, 5.41) is 0. The van der Waals surface area contributed by atoms with Gasteiger partial charge >= 0.3 is 5.76 Å². The van der Waals surface area contributed by atoms with Gasteiger partial charge in [0.2, 0.25) is 5.91 Å². The molecule has 0 radical (unpaired) electrons. The van der Waals surface area contributed by atoms with Crippen molar-refractivity contribution in [1.82, 2.24) is 9.55 Å². The zero-order valence-corrected chi connectivity index (χ0v) is 15.6. The molecule has 0 saturated carbocycles. The van der Waals surface area contributed by atoms with E-state index in [9.17, 15) is 9.59 Å². The number of aryl methyl sites for hydroxylation is 1. The number of carbonyl (C=O) groups excluding carboxylic acids is 1. The molecule has 0 aliphatic rings. The first-order valence-electron chi connectivity index (χ1n) is 8.91. The lowest BCUT2D eigenvalue weighted by Crippen LogP contribution is -2.32. The molecule has 6 nitrogen and oxygen atoms in total. The maximum atomic E-state index is 12.7. The van der Waals surface area contributed by atoms with Crippen molar-refractivity contribution in [1.29, 1.82) is 0 Å². The van der Waals surface area contributed by atoms with E-state index in [-0.39, 0.29) is 12.5 Å². The maximum Gasteiger partial charge on any atom is 0.420 e.